The first kappa shape index (κ1) is 26.1. The molecule has 176 valence electrons. The number of hydrazone groups is 1. The van der Waals surface area contributed by atoms with Gasteiger partial charge in [-0.05, 0) is 36.6 Å². The highest BCUT2D eigenvalue weighted by molar-refractivity contribution is 6.14. The number of allylic oxidation sites excluding steroid dienone is 2. The summed E-state index contributed by atoms with van der Waals surface area (Å²) in [5, 5.41) is 11.0. The summed E-state index contributed by atoms with van der Waals surface area (Å²) < 4.78 is 1.51. The van der Waals surface area contributed by atoms with Gasteiger partial charge in [-0.25, -0.2) is 9.97 Å². The lowest BCUT2D eigenvalue weighted by molar-refractivity contribution is 0.0991. The van der Waals surface area contributed by atoms with Gasteiger partial charge in [0.05, 0.1) is 23.8 Å². The number of ketones is 1. The van der Waals surface area contributed by atoms with Crippen LogP contribution in [0, 0.1) is 18.3 Å². The number of nitrogens with one attached hydrogen (secondary N) is 2. The van der Waals surface area contributed by atoms with Crippen molar-refractivity contribution < 1.29 is 4.79 Å². The van der Waals surface area contributed by atoms with E-state index >= 15 is 0 Å². The maximum absolute atomic E-state index is 13.2. The minimum atomic E-state index is -0.249. The Hall–Kier alpha value is -4.20. The molecule has 0 atom stereocenters. The van der Waals surface area contributed by atoms with E-state index in [0.717, 1.165) is 11.8 Å². The Bertz CT molecular complexity index is 1270. The van der Waals surface area contributed by atoms with Crippen LogP contribution in [0.4, 0.5) is 0 Å². The quantitative estimate of drug-likeness (QED) is 0.217. The highest BCUT2D eigenvalue weighted by Gasteiger charge is 2.16. The molecule has 3 aromatic rings. The first-order chi connectivity index (χ1) is 16.3. The summed E-state index contributed by atoms with van der Waals surface area (Å²) in [5.41, 5.74) is 4.57. The number of aromatic nitrogens is 3. The Kier molecular flexibility index (Phi) is 9.76. The van der Waals surface area contributed by atoms with E-state index in [1.54, 1.807) is 42.6 Å². The third-order valence-corrected chi connectivity index (χ3v) is 4.76. The Balaban J connectivity index is 0.000000739. The summed E-state index contributed by atoms with van der Waals surface area (Å²) in [6, 6.07) is 8.55. The summed E-state index contributed by atoms with van der Waals surface area (Å²) >= 11 is 0. The summed E-state index contributed by atoms with van der Waals surface area (Å²) in [5.74, 6) is 0.953. The number of nitrogens with zero attached hydrogens (tertiary/aromatic N) is 4. The van der Waals surface area contributed by atoms with Crippen LogP contribution in [-0.2, 0) is 6.42 Å². The van der Waals surface area contributed by atoms with Gasteiger partial charge in [0.2, 0.25) is 0 Å². The second-order valence-corrected chi connectivity index (χ2v) is 7.72. The van der Waals surface area contributed by atoms with Gasteiger partial charge in [-0.1, -0.05) is 38.1 Å². The Morgan fingerprint density at radius 2 is 2.03 bits per heavy atom. The molecule has 0 unspecified atom stereocenters. The second-order valence-electron chi connectivity index (χ2n) is 7.72. The number of carbonyl (C=O) groups excluding carboxylic acids is 1. The Morgan fingerprint density at radius 3 is 2.68 bits per heavy atom. The second kappa shape index (κ2) is 12.7. The molecule has 0 fully saturated rings. The molecule has 0 saturated heterocycles. The van der Waals surface area contributed by atoms with Crippen molar-refractivity contribution in [3.05, 3.63) is 89.1 Å². The molecule has 0 bridgehead atoms. The van der Waals surface area contributed by atoms with Gasteiger partial charge in [0.25, 0.3) is 5.56 Å². The number of fused-ring (bicyclic) bond motifs is 1. The third-order valence-electron chi connectivity index (χ3n) is 4.76. The monoisotopic (exact) mass is 458 g/mol. The fourth-order valence-corrected chi connectivity index (χ4v) is 2.91. The predicted molar refractivity (Wildman–Crippen MR) is 138 cm³/mol. The van der Waals surface area contributed by atoms with Crippen molar-refractivity contribution >= 4 is 29.2 Å². The minimum absolute atomic E-state index is 0.0266. The molecule has 2 aromatic heterocycles. The van der Waals surface area contributed by atoms with Gasteiger partial charge in [-0.3, -0.25) is 14.2 Å². The van der Waals surface area contributed by atoms with E-state index in [2.05, 4.69) is 47.5 Å². The first-order valence-electron chi connectivity index (χ1n) is 10.8. The Labute approximate surface area is 199 Å². The van der Waals surface area contributed by atoms with E-state index in [-0.39, 0.29) is 17.9 Å². The van der Waals surface area contributed by atoms with Crippen LogP contribution in [0.3, 0.4) is 0 Å². The fourth-order valence-electron chi connectivity index (χ4n) is 2.91. The number of Topliss-reactive ketones (excluding diaryl/α,β-unsaturated/α-hetero) is 1. The molecule has 0 aliphatic heterocycles. The molecular formula is C26H30N6O2. The average molecular weight is 459 g/mol. The van der Waals surface area contributed by atoms with Crippen molar-refractivity contribution in [2.45, 2.75) is 27.2 Å². The molecule has 0 radical (unpaired) electrons. The molecule has 0 aliphatic rings. The van der Waals surface area contributed by atoms with Gasteiger partial charge in [-0.15, -0.1) is 13.2 Å². The lowest BCUT2D eigenvalue weighted by atomic mass is 10.1. The van der Waals surface area contributed by atoms with E-state index < -0.39 is 0 Å². The van der Waals surface area contributed by atoms with Crippen molar-refractivity contribution in [2.75, 3.05) is 6.54 Å². The molecule has 1 aromatic carbocycles. The molecular weight excluding hydrogens is 428 g/mol. The van der Waals surface area contributed by atoms with Crippen molar-refractivity contribution in [3.63, 3.8) is 0 Å². The first-order valence-corrected chi connectivity index (χ1v) is 10.8. The van der Waals surface area contributed by atoms with E-state index in [1.165, 1.54) is 10.8 Å². The zero-order chi connectivity index (χ0) is 25.1. The largest absolute Gasteiger partial charge is 0.307 e. The van der Waals surface area contributed by atoms with Crippen LogP contribution in [0.5, 0.6) is 0 Å². The molecule has 0 saturated carbocycles. The molecule has 0 spiro atoms. The van der Waals surface area contributed by atoms with Crippen molar-refractivity contribution in [3.8, 4) is 5.69 Å². The predicted octanol–water partition coefficient (Wildman–Crippen LogP) is 4.05. The molecule has 2 N–H and O–H groups in total. The zero-order valence-corrected chi connectivity index (χ0v) is 19.8. The van der Waals surface area contributed by atoms with Gasteiger partial charge in [0, 0.05) is 24.4 Å². The standard InChI is InChI=1S/C21H20N6O2.C5H10/c1-3-5-19-26-20-16(6-4-10-23-20)21(29)27(19)17-12-15(8-7-14(17)2)18(28)13-25-24-11-9-22;1-4-5(2)3/h3-4,6-12,22,25H,1,5,13H2,2H3;4-5H,1H2,2-3H3/b22-9?,24-11-;. The third kappa shape index (κ3) is 6.65. The summed E-state index contributed by atoms with van der Waals surface area (Å²) in [4.78, 5) is 34.4. The lowest BCUT2D eigenvalue weighted by Gasteiger charge is -2.15. The number of hydrogen-bond acceptors (Lipinski definition) is 7. The van der Waals surface area contributed by atoms with Crippen molar-refractivity contribution in [1.29, 1.82) is 5.41 Å². The zero-order valence-electron chi connectivity index (χ0n) is 19.8. The van der Waals surface area contributed by atoms with Crippen molar-refractivity contribution in [1.82, 2.24) is 20.0 Å². The number of carbonyl (C=O) groups is 1. The molecule has 34 heavy (non-hydrogen) atoms. The fraction of sp³-hybridized carbons (Fsp3) is 0.231. The number of hydrogen-bond donors (Lipinski definition) is 2. The van der Waals surface area contributed by atoms with Crippen LogP contribution >= 0.6 is 0 Å². The maximum Gasteiger partial charge on any atom is 0.267 e. The van der Waals surface area contributed by atoms with Gasteiger partial charge in [0.15, 0.2) is 11.4 Å². The number of pyridine rings is 1. The molecule has 2 heterocycles. The van der Waals surface area contributed by atoms with Crippen LogP contribution in [0.15, 0.2) is 71.7 Å². The topological polar surface area (TPSA) is 113 Å². The van der Waals surface area contributed by atoms with Crippen molar-refractivity contribution in [2.24, 2.45) is 11.0 Å². The summed E-state index contributed by atoms with van der Waals surface area (Å²) in [6.45, 7) is 13.4. The highest BCUT2D eigenvalue weighted by Crippen LogP contribution is 2.18. The van der Waals surface area contributed by atoms with E-state index in [1.807, 2.05) is 13.0 Å². The van der Waals surface area contributed by atoms with Crippen LogP contribution < -0.4 is 11.0 Å². The lowest BCUT2D eigenvalue weighted by Crippen LogP contribution is -2.25. The summed E-state index contributed by atoms with van der Waals surface area (Å²) in [6.07, 6.45) is 7.80. The molecule has 0 aliphatic carbocycles. The normalized spacial score (nSPS) is 10.6. The highest BCUT2D eigenvalue weighted by atomic mass is 16.1. The van der Waals surface area contributed by atoms with Gasteiger partial charge < -0.3 is 10.8 Å². The minimum Gasteiger partial charge on any atom is -0.307 e. The van der Waals surface area contributed by atoms with E-state index in [0.29, 0.717) is 40.4 Å². The van der Waals surface area contributed by atoms with Gasteiger partial charge in [0.1, 0.15) is 5.82 Å². The van der Waals surface area contributed by atoms with Crippen LogP contribution in [0.2, 0.25) is 0 Å². The molecule has 0 amide bonds. The van der Waals surface area contributed by atoms with Gasteiger partial charge in [-0.2, -0.15) is 5.10 Å². The number of benzene rings is 1. The molecule has 8 heteroatoms. The van der Waals surface area contributed by atoms with Crippen LogP contribution in [0.1, 0.15) is 35.6 Å². The number of rotatable bonds is 9. The van der Waals surface area contributed by atoms with E-state index in [4.69, 9.17) is 5.41 Å². The summed E-state index contributed by atoms with van der Waals surface area (Å²) in [7, 11) is 0. The smallest absolute Gasteiger partial charge is 0.267 e. The van der Waals surface area contributed by atoms with Crippen LogP contribution in [0.25, 0.3) is 16.7 Å². The van der Waals surface area contributed by atoms with Gasteiger partial charge >= 0.3 is 0 Å². The Morgan fingerprint density at radius 1 is 1.29 bits per heavy atom. The number of aryl methyl sites for hydroxylation is 1. The molecule has 3 rings (SSSR count). The average Bonchev–Trinajstić information content (AvgIpc) is 2.83. The van der Waals surface area contributed by atoms with E-state index in [9.17, 15) is 9.59 Å². The SMILES string of the molecule is C=CC(C)C.C=CCc1nc2ncccc2c(=O)n1-c1cc(C(=O)CN/N=C\C=N)ccc1C. The maximum atomic E-state index is 13.2. The molecule has 8 nitrogen and oxygen atoms in total. The van der Waals surface area contributed by atoms with Crippen LogP contribution in [-0.4, -0.2) is 39.3 Å².